The van der Waals surface area contributed by atoms with Gasteiger partial charge in [-0.2, -0.15) is 0 Å². The van der Waals surface area contributed by atoms with Crippen LogP contribution in [0.5, 0.6) is 5.75 Å². The molecule has 1 aliphatic rings. The van der Waals surface area contributed by atoms with Gasteiger partial charge < -0.3 is 24.4 Å². The first-order chi connectivity index (χ1) is 17.2. The molecule has 0 aromatic heterocycles. The smallest absolute Gasteiger partial charge is 0.338 e. The average Bonchev–Trinajstić information content (AvgIpc) is 3.27. The zero-order chi connectivity index (χ0) is 26.2. The number of rotatable bonds is 10. The number of anilines is 2. The van der Waals surface area contributed by atoms with E-state index in [1.807, 2.05) is 6.92 Å². The summed E-state index contributed by atoms with van der Waals surface area (Å²) in [7, 11) is 1.37. The van der Waals surface area contributed by atoms with Gasteiger partial charge in [-0.05, 0) is 36.8 Å². The van der Waals surface area contributed by atoms with Gasteiger partial charge in [0.15, 0.2) is 6.61 Å². The number of ether oxygens (including phenoxy) is 3. The van der Waals surface area contributed by atoms with Crippen LogP contribution in [0.15, 0.2) is 42.5 Å². The number of hydrogen-bond donors (Lipinski definition) is 1. The van der Waals surface area contributed by atoms with Gasteiger partial charge in [-0.15, -0.1) is 0 Å². The minimum Gasteiger partial charge on any atom is -0.497 e. The van der Waals surface area contributed by atoms with Crippen LogP contribution in [0.1, 0.15) is 30.1 Å². The number of methoxy groups -OCH3 is 1. The molecule has 1 heterocycles. The van der Waals surface area contributed by atoms with Gasteiger partial charge >= 0.3 is 11.9 Å². The second-order valence-corrected chi connectivity index (χ2v) is 7.88. The van der Waals surface area contributed by atoms with Crippen molar-refractivity contribution < 1.29 is 38.3 Å². The van der Waals surface area contributed by atoms with Gasteiger partial charge in [0.1, 0.15) is 11.4 Å². The maximum Gasteiger partial charge on any atom is 0.338 e. The van der Waals surface area contributed by atoms with E-state index in [0.717, 1.165) is 0 Å². The topological polar surface area (TPSA) is 154 Å². The lowest BCUT2D eigenvalue weighted by Gasteiger charge is -2.17. The highest BCUT2D eigenvalue weighted by Crippen LogP contribution is 2.29. The minimum atomic E-state index is -0.800. The Morgan fingerprint density at radius 2 is 1.86 bits per heavy atom. The number of nitrogens with zero attached hydrogens (tertiary/aromatic N) is 2. The van der Waals surface area contributed by atoms with Crippen molar-refractivity contribution in [1.29, 1.82) is 0 Å². The molecule has 190 valence electrons. The first-order valence-corrected chi connectivity index (χ1v) is 11.1. The number of nitro benzene ring substituents is 1. The molecule has 1 N–H and O–H groups in total. The number of nitrogens with one attached hydrogen (secondary N) is 1. The van der Waals surface area contributed by atoms with Crippen molar-refractivity contribution in [1.82, 2.24) is 0 Å². The van der Waals surface area contributed by atoms with E-state index < -0.39 is 35.3 Å². The summed E-state index contributed by atoms with van der Waals surface area (Å²) in [5.74, 6) is -2.81. The van der Waals surface area contributed by atoms with E-state index in [4.69, 9.17) is 14.2 Å². The van der Waals surface area contributed by atoms with Crippen molar-refractivity contribution in [3.63, 3.8) is 0 Å². The molecule has 2 aromatic carbocycles. The van der Waals surface area contributed by atoms with E-state index in [9.17, 15) is 29.3 Å². The van der Waals surface area contributed by atoms with Crippen LogP contribution >= 0.6 is 0 Å². The highest BCUT2D eigenvalue weighted by molar-refractivity contribution is 6.00. The Morgan fingerprint density at radius 1 is 1.14 bits per heavy atom. The number of esters is 2. The predicted molar refractivity (Wildman–Crippen MR) is 127 cm³/mol. The fourth-order valence-corrected chi connectivity index (χ4v) is 3.51. The molecule has 1 atom stereocenters. The summed E-state index contributed by atoms with van der Waals surface area (Å²) < 4.78 is 15.1. The predicted octanol–water partition coefficient (Wildman–Crippen LogP) is 2.71. The molecule has 1 saturated heterocycles. The summed E-state index contributed by atoms with van der Waals surface area (Å²) in [4.78, 5) is 61.0. The van der Waals surface area contributed by atoms with Crippen LogP contribution in [-0.4, -0.2) is 55.5 Å². The van der Waals surface area contributed by atoms with E-state index >= 15 is 0 Å². The number of amides is 2. The molecule has 0 saturated carbocycles. The van der Waals surface area contributed by atoms with Crippen LogP contribution < -0.4 is 15.0 Å². The second kappa shape index (κ2) is 11.8. The van der Waals surface area contributed by atoms with Crippen molar-refractivity contribution >= 4 is 40.8 Å². The van der Waals surface area contributed by atoms with Gasteiger partial charge in [0, 0.05) is 30.8 Å². The van der Waals surface area contributed by atoms with E-state index in [-0.39, 0.29) is 30.2 Å². The summed E-state index contributed by atoms with van der Waals surface area (Å²) in [6.07, 6.45) is 0.592. The van der Waals surface area contributed by atoms with Gasteiger partial charge in [0.2, 0.25) is 5.91 Å². The van der Waals surface area contributed by atoms with Crippen molar-refractivity contribution in [2.24, 2.45) is 5.92 Å². The van der Waals surface area contributed by atoms with Crippen LogP contribution in [-0.2, 0) is 23.9 Å². The molecule has 0 bridgehead atoms. The highest BCUT2D eigenvalue weighted by atomic mass is 16.6. The zero-order valence-electron chi connectivity index (χ0n) is 19.7. The lowest BCUT2D eigenvalue weighted by molar-refractivity contribution is -0.383. The van der Waals surface area contributed by atoms with E-state index in [0.29, 0.717) is 30.0 Å². The third kappa shape index (κ3) is 6.34. The summed E-state index contributed by atoms with van der Waals surface area (Å²) in [5, 5.41) is 13.5. The molecular formula is C24H25N3O9. The van der Waals surface area contributed by atoms with Gasteiger partial charge in [-0.3, -0.25) is 24.5 Å². The summed E-state index contributed by atoms with van der Waals surface area (Å²) >= 11 is 0. The van der Waals surface area contributed by atoms with Crippen LogP contribution in [0.2, 0.25) is 0 Å². The molecule has 0 aliphatic carbocycles. The van der Waals surface area contributed by atoms with Gasteiger partial charge in [-0.25, -0.2) is 4.79 Å². The quantitative estimate of drug-likeness (QED) is 0.295. The largest absolute Gasteiger partial charge is 0.497 e. The van der Waals surface area contributed by atoms with Gasteiger partial charge in [0.05, 0.1) is 30.1 Å². The normalized spacial score (nSPS) is 14.8. The molecule has 0 radical (unpaired) electrons. The lowest BCUT2D eigenvalue weighted by Crippen LogP contribution is -2.28. The number of carbonyl (C=O) groups excluding carboxylic acids is 4. The first kappa shape index (κ1) is 26.1. The molecule has 2 amide bonds. The Kier molecular flexibility index (Phi) is 8.55. The Balaban J connectivity index is 1.55. The van der Waals surface area contributed by atoms with E-state index in [1.165, 1.54) is 42.3 Å². The fourth-order valence-electron chi connectivity index (χ4n) is 3.51. The second-order valence-electron chi connectivity index (χ2n) is 7.88. The number of nitro groups is 1. The molecule has 12 nitrogen and oxygen atoms in total. The van der Waals surface area contributed by atoms with Crippen LogP contribution in [0.4, 0.5) is 17.1 Å². The molecule has 36 heavy (non-hydrogen) atoms. The van der Waals surface area contributed by atoms with Gasteiger partial charge in [0.25, 0.3) is 11.6 Å². The monoisotopic (exact) mass is 499 g/mol. The fraction of sp³-hybridized carbons (Fsp3) is 0.333. The Bertz CT molecular complexity index is 1160. The Morgan fingerprint density at radius 3 is 2.50 bits per heavy atom. The first-order valence-electron chi connectivity index (χ1n) is 11.1. The highest BCUT2D eigenvalue weighted by Gasteiger charge is 2.36. The Labute approximate surface area is 206 Å². The third-order valence-electron chi connectivity index (χ3n) is 5.33. The minimum absolute atomic E-state index is 0.0419. The van der Waals surface area contributed by atoms with Crippen molar-refractivity contribution in [2.75, 3.05) is 37.1 Å². The number of hydrogen-bond acceptors (Lipinski definition) is 9. The molecule has 1 aliphatic heterocycles. The van der Waals surface area contributed by atoms with Crippen LogP contribution in [0.3, 0.4) is 0 Å². The van der Waals surface area contributed by atoms with E-state index in [2.05, 4.69) is 5.32 Å². The lowest BCUT2D eigenvalue weighted by atomic mass is 10.1. The SMILES string of the molecule is CCCOC(=O)c1ccc(N2C[C@H](C(=O)OCC(=O)Nc3cc(OC)ccc3[N+](=O)[O-])CC2=O)cc1. The molecule has 12 heteroatoms. The third-order valence-corrected chi connectivity index (χ3v) is 5.33. The number of carbonyl (C=O) groups is 4. The Hall–Kier alpha value is -4.48. The van der Waals surface area contributed by atoms with Crippen molar-refractivity contribution in [3.8, 4) is 5.75 Å². The van der Waals surface area contributed by atoms with Crippen LogP contribution in [0, 0.1) is 16.0 Å². The molecule has 3 rings (SSSR count). The van der Waals surface area contributed by atoms with E-state index in [1.54, 1.807) is 12.1 Å². The molecule has 0 spiro atoms. The van der Waals surface area contributed by atoms with Crippen molar-refractivity contribution in [3.05, 3.63) is 58.1 Å². The van der Waals surface area contributed by atoms with Crippen LogP contribution in [0.25, 0.3) is 0 Å². The zero-order valence-corrected chi connectivity index (χ0v) is 19.7. The molecular weight excluding hydrogens is 474 g/mol. The van der Waals surface area contributed by atoms with Gasteiger partial charge in [-0.1, -0.05) is 6.92 Å². The summed E-state index contributed by atoms with van der Waals surface area (Å²) in [5.41, 5.74) is 0.393. The average molecular weight is 499 g/mol. The maximum absolute atomic E-state index is 12.5. The number of benzene rings is 2. The standard InChI is InChI=1S/C24H25N3O9/c1-3-10-35-23(30)15-4-6-17(7-5-15)26-13-16(11-22(26)29)24(31)36-14-21(28)25-19-12-18(34-2)8-9-20(19)27(32)33/h4-9,12,16H,3,10-11,13-14H2,1-2H3,(H,25,28)/t16-/m1/s1. The molecule has 2 aromatic rings. The summed E-state index contributed by atoms with van der Waals surface area (Å²) in [6.45, 7) is 1.55. The maximum atomic E-state index is 12.5. The van der Waals surface area contributed by atoms with Crippen molar-refractivity contribution in [2.45, 2.75) is 19.8 Å². The summed E-state index contributed by atoms with van der Waals surface area (Å²) in [6, 6.07) is 10.1. The molecule has 1 fully saturated rings. The molecule has 0 unspecified atom stereocenters.